The van der Waals surface area contributed by atoms with Crippen LogP contribution in [-0.2, 0) is 14.8 Å². The van der Waals surface area contributed by atoms with Crippen molar-refractivity contribution in [1.29, 1.82) is 0 Å². The zero-order valence-electron chi connectivity index (χ0n) is 10.6. The second kappa shape index (κ2) is 5.62. The Bertz CT molecular complexity index is 483. The van der Waals surface area contributed by atoms with Gasteiger partial charge in [-0.25, -0.2) is 13.1 Å². The van der Waals surface area contributed by atoms with E-state index in [9.17, 15) is 8.42 Å². The first-order valence-corrected chi connectivity index (χ1v) is 6.95. The lowest BCUT2D eigenvalue weighted by atomic mass is 10.2. The molecule has 0 radical (unpaired) electrons. The highest BCUT2D eigenvalue weighted by Crippen LogP contribution is 2.16. The Balaban J connectivity index is 2.90. The van der Waals surface area contributed by atoms with Crippen molar-refractivity contribution in [2.24, 2.45) is 0 Å². The summed E-state index contributed by atoms with van der Waals surface area (Å²) < 4.78 is 31.6. The van der Waals surface area contributed by atoms with Gasteiger partial charge < -0.3 is 4.74 Å². The van der Waals surface area contributed by atoms with Gasteiger partial charge in [-0.1, -0.05) is 17.7 Å². The lowest BCUT2D eigenvalue weighted by Gasteiger charge is -2.13. The number of methoxy groups -OCH3 is 1. The molecule has 1 aromatic carbocycles. The summed E-state index contributed by atoms with van der Waals surface area (Å²) in [6.45, 7) is 5.81. The molecule has 0 aliphatic carbocycles. The number of hydrogen-bond donors (Lipinski definition) is 1. The van der Waals surface area contributed by atoms with E-state index >= 15 is 0 Å². The first kappa shape index (κ1) is 14.2. The SMILES string of the molecule is COC(C)CNS(=O)(=O)c1ccc(C)cc1C. The third-order valence-corrected chi connectivity index (χ3v) is 4.17. The Morgan fingerprint density at radius 3 is 2.53 bits per heavy atom. The zero-order chi connectivity index (χ0) is 13.1. The molecule has 0 bridgehead atoms. The highest BCUT2D eigenvalue weighted by atomic mass is 32.2. The Labute approximate surface area is 103 Å². The van der Waals surface area contributed by atoms with E-state index in [-0.39, 0.29) is 12.6 Å². The standard InChI is InChI=1S/C12H19NO3S/c1-9-5-6-12(10(2)7-9)17(14,15)13-8-11(3)16-4/h5-7,11,13H,8H2,1-4H3. The molecule has 0 spiro atoms. The summed E-state index contributed by atoms with van der Waals surface area (Å²) in [6.07, 6.45) is -0.143. The molecule has 0 amide bonds. The average Bonchev–Trinajstić information content (AvgIpc) is 2.25. The Kier molecular flexibility index (Phi) is 4.68. The van der Waals surface area contributed by atoms with Crippen LogP contribution in [0.2, 0.25) is 0 Å². The van der Waals surface area contributed by atoms with Crippen LogP contribution in [0.1, 0.15) is 18.1 Å². The monoisotopic (exact) mass is 257 g/mol. The molecule has 0 saturated heterocycles. The third-order valence-electron chi connectivity index (χ3n) is 2.58. The van der Waals surface area contributed by atoms with Crippen molar-refractivity contribution in [3.8, 4) is 0 Å². The van der Waals surface area contributed by atoms with E-state index in [4.69, 9.17) is 4.74 Å². The summed E-state index contributed by atoms with van der Waals surface area (Å²) in [4.78, 5) is 0.325. The van der Waals surface area contributed by atoms with E-state index in [1.807, 2.05) is 19.9 Å². The minimum absolute atomic E-state index is 0.143. The minimum Gasteiger partial charge on any atom is -0.380 e. The molecule has 0 aliphatic rings. The molecule has 0 aliphatic heterocycles. The van der Waals surface area contributed by atoms with Crippen LogP contribution in [0, 0.1) is 13.8 Å². The van der Waals surface area contributed by atoms with Crippen molar-refractivity contribution < 1.29 is 13.2 Å². The van der Waals surface area contributed by atoms with E-state index in [1.54, 1.807) is 26.2 Å². The van der Waals surface area contributed by atoms with Gasteiger partial charge in [0, 0.05) is 13.7 Å². The second-order valence-electron chi connectivity index (χ2n) is 4.17. The van der Waals surface area contributed by atoms with Gasteiger partial charge in [0.2, 0.25) is 10.0 Å². The van der Waals surface area contributed by atoms with Crippen LogP contribution in [0.4, 0.5) is 0 Å². The number of benzene rings is 1. The van der Waals surface area contributed by atoms with Crippen LogP contribution < -0.4 is 4.72 Å². The summed E-state index contributed by atoms with van der Waals surface area (Å²) in [5.74, 6) is 0. The fraction of sp³-hybridized carbons (Fsp3) is 0.500. The molecule has 1 atom stereocenters. The van der Waals surface area contributed by atoms with Crippen LogP contribution in [0.25, 0.3) is 0 Å². The lowest BCUT2D eigenvalue weighted by Crippen LogP contribution is -2.32. The molecule has 0 saturated carbocycles. The third kappa shape index (κ3) is 3.80. The Morgan fingerprint density at radius 1 is 1.35 bits per heavy atom. The van der Waals surface area contributed by atoms with Crippen molar-refractivity contribution in [3.05, 3.63) is 29.3 Å². The Hall–Kier alpha value is -0.910. The topological polar surface area (TPSA) is 55.4 Å². The maximum Gasteiger partial charge on any atom is 0.240 e. The smallest absolute Gasteiger partial charge is 0.240 e. The van der Waals surface area contributed by atoms with Gasteiger partial charge >= 0.3 is 0 Å². The first-order chi connectivity index (χ1) is 7.86. The van der Waals surface area contributed by atoms with Crippen molar-refractivity contribution in [3.63, 3.8) is 0 Å². The normalized spacial score (nSPS) is 13.6. The second-order valence-corrected chi connectivity index (χ2v) is 5.90. The van der Waals surface area contributed by atoms with Gasteiger partial charge in [0.1, 0.15) is 0 Å². The number of aryl methyl sites for hydroxylation is 2. The van der Waals surface area contributed by atoms with E-state index < -0.39 is 10.0 Å². The highest BCUT2D eigenvalue weighted by Gasteiger charge is 2.17. The van der Waals surface area contributed by atoms with Crippen LogP contribution in [0.15, 0.2) is 23.1 Å². The van der Waals surface area contributed by atoms with Gasteiger partial charge in [-0.15, -0.1) is 0 Å². The summed E-state index contributed by atoms with van der Waals surface area (Å²) in [6, 6.07) is 5.28. The van der Waals surface area contributed by atoms with E-state index in [0.717, 1.165) is 11.1 Å². The molecule has 96 valence electrons. The minimum atomic E-state index is -3.44. The molecular weight excluding hydrogens is 238 g/mol. The number of rotatable bonds is 5. The summed E-state index contributed by atoms with van der Waals surface area (Å²) in [7, 11) is -1.89. The van der Waals surface area contributed by atoms with Crippen LogP contribution in [0.5, 0.6) is 0 Å². The molecule has 0 fully saturated rings. The van der Waals surface area contributed by atoms with Gasteiger partial charge in [0.25, 0.3) is 0 Å². The lowest BCUT2D eigenvalue weighted by molar-refractivity contribution is 0.122. The largest absolute Gasteiger partial charge is 0.380 e. The van der Waals surface area contributed by atoms with Crippen molar-refractivity contribution >= 4 is 10.0 Å². The Morgan fingerprint density at radius 2 is 2.00 bits per heavy atom. The van der Waals surface area contributed by atoms with Gasteiger partial charge in [0.15, 0.2) is 0 Å². The number of ether oxygens (including phenoxy) is 1. The fourth-order valence-electron chi connectivity index (χ4n) is 1.49. The fourth-order valence-corrected chi connectivity index (χ4v) is 2.83. The summed E-state index contributed by atoms with van der Waals surface area (Å²) in [5, 5.41) is 0. The molecule has 0 heterocycles. The molecule has 5 heteroatoms. The van der Waals surface area contributed by atoms with Gasteiger partial charge in [-0.3, -0.25) is 0 Å². The number of sulfonamides is 1. The van der Waals surface area contributed by atoms with Crippen molar-refractivity contribution in [2.45, 2.75) is 31.8 Å². The summed E-state index contributed by atoms with van der Waals surface area (Å²) in [5.41, 5.74) is 1.80. The average molecular weight is 257 g/mol. The molecule has 1 aromatic rings. The van der Waals surface area contributed by atoms with Crippen molar-refractivity contribution in [2.75, 3.05) is 13.7 Å². The molecule has 1 rings (SSSR count). The van der Waals surface area contributed by atoms with Crippen molar-refractivity contribution in [1.82, 2.24) is 4.72 Å². The maximum atomic E-state index is 12.0. The predicted octanol–water partition coefficient (Wildman–Crippen LogP) is 1.62. The first-order valence-electron chi connectivity index (χ1n) is 5.46. The van der Waals surface area contributed by atoms with E-state index in [2.05, 4.69) is 4.72 Å². The molecule has 1 N–H and O–H groups in total. The molecule has 4 nitrogen and oxygen atoms in total. The molecule has 17 heavy (non-hydrogen) atoms. The van der Waals surface area contributed by atoms with Gasteiger partial charge in [-0.05, 0) is 32.4 Å². The highest BCUT2D eigenvalue weighted by molar-refractivity contribution is 7.89. The number of nitrogens with one attached hydrogen (secondary N) is 1. The van der Waals surface area contributed by atoms with E-state index in [0.29, 0.717) is 4.90 Å². The molecular formula is C12H19NO3S. The van der Waals surface area contributed by atoms with Crippen LogP contribution in [-0.4, -0.2) is 28.2 Å². The molecule has 0 aromatic heterocycles. The van der Waals surface area contributed by atoms with Crippen LogP contribution in [0.3, 0.4) is 0 Å². The van der Waals surface area contributed by atoms with Crippen LogP contribution >= 0.6 is 0 Å². The quantitative estimate of drug-likeness (QED) is 0.872. The van der Waals surface area contributed by atoms with Gasteiger partial charge in [-0.2, -0.15) is 0 Å². The van der Waals surface area contributed by atoms with Gasteiger partial charge in [0.05, 0.1) is 11.0 Å². The predicted molar refractivity (Wildman–Crippen MR) is 67.6 cm³/mol. The molecule has 1 unspecified atom stereocenters. The maximum absolute atomic E-state index is 12.0. The number of hydrogen-bond acceptors (Lipinski definition) is 3. The summed E-state index contributed by atoms with van der Waals surface area (Å²) >= 11 is 0. The van der Waals surface area contributed by atoms with E-state index in [1.165, 1.54) is 0 Å². The zero-order valence-corrected chi connectivity index (χ0v) is 11.5.